The van der Waals surface area contributed by atoms with Crippen LogP contribution in [0.4, 0.5) is 5.82 Å². The average Bonchev–Trinajstić information content (AvgIpc) is 2.64. The Labute approximate surface area is 148 Å². The SMILES string of the molecule is O=C(O)C=Cc1ccc(NC2CCN(Cc3ccccc3)CC2)nc1. The summed E-state index contributed by atoms with van der Waals surface area (Å²) in [6.45, 7) is 3.16. The van der Waals surface area contributed by atoms with Crippen molar-refractivity contribution in [2.45, 2.75) is 25.4 Å². The van der Waals surface area contributed by atoms with Crippen LogP contribution in [0.5, 0.6) is 0 Å². The molecule has 1 fully saturated rings. The van der Waals surface area contributed by atoms with Gasteiger partial charge in [0.25, 0.3) is 0 Å². The van der Waals surface area contributed by atoms with Gasteiger partial charge in [-0.1, -0.05) is 30.3 Å². The second kappa shape index (κ2) is 8.44. The molecule has 25 heavy (non-hydrogen) atoms. The van der Waals surface area contributed by atoms with Gasteiger partial charge in [-0.25, -0.2) is 9.78 Å². The van der Waals surface area contributed by atoms with Gasteiger partial charge in [-0.15, -0.1) is 0 Å². The zero-order valence-corrected chi connectivity index (χ0v) is 14.1. The van der Waals surface area contributed by atoms with Crippen LogP contribution in [0, 0.1) is 0 Å². The van der Waals surface area contributed by atoms with Crippen molar-refractivity contribution < 1.29 is 9.90 Å². The van der Waals surface area contributed by atoms with Crippen molar-refractivity contribution in [3.63, 3.8) is 0 Å². The third-order valence-electron chi connectivity index (χ3n) is 4.39. The van der Waals surface area contributed by atoms with E-state index in [-0.39, 0.29) is 0 Å². The monoisotopic (exact) mass is 337 g/mol. The van der Waals surface area contributed by atoms with Crippen molar-refractivity contribution in [3.8, 4) is 0 Å². The Hall–Kier alpha value is -2.66. The minimum Gasteiger partial charge on any atom is -0.478 e. The number of rotatable bonds is 6. The molecule has 0 unspecified atom stereocenters. The van der Waals surface area contributed by atoms with Crippen LogP contribution in [0.25, 0.3) is 6.08 Å². The highest BCUT2D eigenvalue weighted by Crippen LogP contribution is 2.17. The first kappa shape index (κ1) is 17.2. The number of carboxylic acid groups (broad SMARTS) is 1. The molecule has 1 saturated heterocycles. The average molecular weight is 337 g/mol. The second-order valence-electron chi connectivity index (χ2n) is 6.33. The molecule has 1 aromatic carbocycles. The summed E-state index contributed by atoms with van der Waals surface area (Å²) in [5, 5.41) is 12.1. The molecule has 0 aliphatic carbocycles. The Balaban J connectivity index is 1.46. The van der Waals surface area contributed by atoms with Gasteiger partial charge in [-0.3, -0.25) is 4.90 Å². The summed E-state index contributed by atoms with van der Waals surface area (Å²) in [7, 11) is 0. The van der Waals surface area contributed by atoms with Gasteiger partial charge < -0.3 is 10.4 Å². The van der Waals surface area contributed by atoms with E-state index >= 15 is 0 Å². The summed E-state index contributed by atoms with van der Waals surface area (Å²) in [5.41, 5.74) is 2.14. The number of hydrogen-bond acceptors (Lipinski definition) is 4. The molecule has 5 heteroatoms. The number of pyridine rings is 1. The lowest BCUT2D eigenvalue weighted by atomic mass is 10.0. The molecule has 0 spiro atoms. The van der Waals surface area contributed by atoms with Gasteiger partial charge in [0.1, 0.15) is 5.82 Å². The third kappa shape index (κ3) is 5.43. The minimum atomic E-state index is -0.954. The van der Waals surface area contributed by atoms with Crippen molar-refractivity contribution >= 4 is 17.9 Å². The van der Waals surface area contributed by atoms with E-state index in [2.05, 4.69) is 45.5 Å². The summed E-state index contributed by atoms with van der Waals surface area (Å²) in [6.07, 6.45) is 6.53. The highest BCUT2D eigenvalue weighted by atomic mass is 16.4. The largest absolute Gasteiger partial charge is 0.478 e. The highest BCUT2D eigenvalue weighted by Gasteiger charge is 2.19. The molecule has 1 aromatic heterocycles. The molecular weight excluding hydrogens is 314 g/mol. The van der Waals surface area contributed by atoms with Crippen LogP contribution in [0.3, 0.4) is 0 Å². The number of carboxylic acids is 1. The lowest BCUT2D eigenvalue weighted by Gasteiger charge is -2.32. The van der Waals surface area contributed by atoms with Gasteiger partial charge in [-0.2, -0.15) is 0 Å². The molecule has 3 rings (SSSR count). The molecular formula is C20H23N3O2. The van der Waals surface area contributed by atoms with Crippen molar-refractivity contribution in [1.82, 2.24) is 9.88 Å². The van der Waals surface area contributed by atoms with Crippen molar-refractivity contribution in [2.75, 3.05) is 18.4 Å². The molecule has 2 N–H and O–H groups in total. The maximum absolute atomic E-state index is 10.5. The zero-order chi connectivity index (χ0) is 17.5. The van der Waals surface area contributed by atoms with E-state index in [9.17, 15) is 4.79 Å². The number of piperidine rings is 1. The van der Waals surface area contributed by atoms with Crippen LogP contribution >= 0.6 is 0 Å². The van der Waals surface area contributed by atoms with Crippen LogP contribution < -0.4 is 5.32 Å². The minimum absolute atomic E-state index is 0.430. The first-order chi connectivity index (χ1) is 12.2. The molecule has 2 heterocycles. The topological polar surface area (TPSA) is 65.5 Å². The maximum Gasteiger partial charge on any atom is 0.328 e. The zero-order valence-electron chi connectivity index (χ0n) is 14.1. The Kier molecular flexibility index (Phi) is 5.80. The summed E-state index contributed by atoms with van der Waals surface area (Å²) < 4.78 is 0. The van der Waals surface area contributed by atoms with Gasteiger partial charge in [0, 0.05) is 37.9 Å². The molecule has 0 atom stereocenters. The quantitative estimate of drug-likeness (QED) is 0.792. The van der Waals surface area contributed by atoms with Crippen LogP contribution in [-0.2, 0) is 11.3 Å². The molecule has 1 aliphatic heterocycles. The Morgan fingerprint density at radius 1 is 1.20 bits per heavy atom. The van der Waals surface area contributed by atoms with E-state index in [1.54, 1.807) is 12.3 Å². The standard InChI is InChI=1S/C20H23N3O2/c24-20(25)9-7-16-6-8-19(21-14-16)22-18-10-12-23(13-11-18)15-17-4-2-1-3-5-17/h1-9,14,18H,10-13,15H2,(H,21,22)(H,24,25). The van der Waals surface area contributed by atoms with Crippen LogP contribution in [0.2, 0.25) is 0 Å². The molecule has 2 aromatic rings. The summed E-state index contributed by atoms with van der Waals surface area (Å²) >= 11 is 0. The van der Waals surface area contributed by atoms with Crippen LogP contribution in [-0.4, -0.2) is 40.1 Å². The number of benzene rings is 1. The molecule has 0 bridgehead atoms. The molecule has 1 aliphatic rings. The molecule has 0 radical (unpaired) electrons. The van der Waals surface area contributed by atoms with Gasteiger partial charge in [0.15, 0.2) is 0 Å². The first-order valence-electron chi connectivity index (χ1n) is 8.59. The molecule has 0 saturated carbocycles. The molecule has 130 valence electrons. The first-order valence-corrected chi connectivity index (χ1v) is 8.59. The third-order valence-corrected chi connectivity index (χ3v) is 4.39. The number of aromatic nitrogens is 1. The van der Waals surface area contributed by atoms with E-state index in [4.69, 9.17) is 5.11 Å². The lowest BCUT2D eigenvalue weighted by Crippen LogP contribution is -2.38. The normalized spacial score (nSPS) is 16.2. The van der Waals surface area contributed by atoms with Crippen molar-refractivity contribution in [3.05, 3.63) is 65.9 Å². The number of anilines is 1. The van der Waals surface area contributed by atoms with Gasteiger partial charge in [-0.05, 0) is 42.2 Å². The molecule has 5 nitrogen and oxygen atoms in total. The smallest absolute Gasteiger partial charge is 0.328 e. The van der Waals surface area contributed by atoms with Crippen LogP contribution in [0.1, 0.15) is 24.0 Å². The predicted octanol–water partition coefficient (Wildman–Crippen LogP) is 3.26. The van der Waals surface area contributed by atoms with E-state index in [1.807, 2.05) is 12.1 Å². The lowest BCUT2D eigenvalue weighted by molar-refractivity contribution is -0.131. The second-order valence-corrected chi connectivity index (χ2v) is 6.33. The Morgan fingerprint density at radius 2 is 1.96 bits per heavy atom. The number of carbonyl (C=O) groups is 1. The Morgan fingerprint density at radius 3 is 2.60 bits per heavy atom. The summed E-state index contributed by atoms with van der Waals surface area (Å²) in [5.74, 6) is -0.113. The number of nitrogens with zero attached hydrogens (tertiary/aromatic N) is 2. The predicted molar refractivity (Wildman–Crippen MR) is 99.3 cm³/mol. The van der Waals surface area contributed by atoms with Crippen molar-refractivity contribution in [2.24, 2.45) is 0 Å². The number of hydrogen-bond donors (Lipinski definition) is 2. The molecule has 0 amide bonds. The van der Waals surface area contributed by atoms with E-state index in [0.29, 0.717) is 6.04 Å². The van der Waals surface area contributed by atoms with Gasteiger partial charge in [0.05, 0.1) is 0 Å². The number of aliphatic carboxylic acids is 1. The van der Waals surface area contributed by atoms with E-state index in [1.165, 1.54) is 5.56 Å². The fourth-order valence-corrected chi connectivity index (χ4v) is 3.04. The summed E-state index contributed by atoms with van der Waals surface area (Å²) in [4.78, 5) is 17.4. The summed E-state index contributed by atoms with van der Waals surface area (Å²) in [6, 6.07) is 14.8. The van der Waals surface area contributed by atoms with Gasteiger partial charge in [0.2, 0.25) is 0 Å². The van der Waals surface area contributed by atoms with Crippen LogP contribution in [0.15, 0.2) is 54.7 Å². The van der Waals surface area contributed by atoms with Gasteiger partial charge >= 0.3 is 5.97 Å². The Bertz CT molecular complexity index is 705. The number of nitrogens with one attached hydrogen (secondary N) is 1. The maximum atomic E-state index is 10.5. The fraction of sp³-hybridized carbons (Fsp3) is 0.300. The van der Waals surface area contributed by atoms with Crippen molar-refractivity contribution in [1.29, 1.82) is 0 Å². The fourth-order valence-electron chi connectivity index (χ4n) is 3.04. The highest BCUT2D eigenvalue weighted by molar-refractivity contribution is 5.85. The van der Waals surface area contributed by atoms with E-state index in [0.717, 1.165) is 49.9 Å². The van der Waals surface area contributed by atoms with E-state index < -0.39 is 5.97 Å². The number of likely N-dealkylation sites (tertiary alicyclic amines) is 1.